The van der Waals surface area contributed by atoms with Crippen molar-refractivity contribution < 1.29 is 9.21 Å². The highest BCUT2D eigenvalue weighted by atomic mass is 79.9. The smallest absolute Gasteiger partial charge is 0.257 e. The van der Waals surface area contributed by atoms with Crippen LogP contribution >= 0.6 is 39.1 Å². The molecule has 4 aromatic rings. The number of benzene rings is 3. The van der Waals surface area contributed by atoms with Gasteiger partial charge in [-0.2, -0.15) is 0 Å². The van der Waals surface area contributed by atoms with Crippen LogP contribution in [0.1, 0.15) is 10.4 Å². The van der Waals surface area contributed by atoms with E-state index in [2.05, 4.69) is 26.2 Å². The lowest BCUT2D eigenvalue weighted by atomic mass is 10.2. The second kappa shape index (κ2) is 7.35. The fourth-order valence-electron chi connectivity index (χ4n) is 2.62. The summed E-state index contributed by atoms with van der Waals surface area (Å²) in [4.78, 5) is 17.0. The Morgan fingerprint density at radius 2 is 1.81 bits per heavy atom. The summed E-state index contributed by atoms with van der Waals surface area (Å²) in [6, 6.07) is 17.7. The number of nitrogens with zero attached hydrogens (tertiary/aromatic N) is 1. The summed E-state index contributed by atoms with van der Waals surface area (Å²) in [6.45, 7) is 0. The number of oxazole rings is 1. The zero-order valence-electron chi connectivity index (χ0n) is 13.7. The van der Waals surface area contributed by atoms with Crippen molar-refractivity contribution >= 4 is 61.8 Å². The Morgan fingerprint density at radius 1 is 1.00 bits per heavy atom. The van der Waals surface area contributed by atoms with Gasteiger partial charge in [-0.25, -0.2) is 4.98 Å². The highest BCUT2D eigenvalue weighted by molar-refractivity contribution is 9.10. The second-order valence-electron chi connectivity index (χ2n) is 5.76. The van der Waals surface area contributed by atoms with E-state index in [1.165, 1.54) is 0 Å². The van der Waals surface area contributed by atoms with Gasteiger partial charge in [-0.05, 0) is 48.5 Å². The predicted molar refractivity (Wildman–Crippen MR) is 112 cm³/mol. The average molecular weight is 462 g/mol. The van der Waals surface area contributed by atoms with E-state index in [1.54, 1.807) is 42.5 Å². The Bertz CT molecular complexity index is 1170. The Morgan fingerprint density at radius 3 is 2.63 bits per heavy atom. The number of carbonyl (C=O) groups is 1. The van der Waals surface area contributed by atoms with Gasteiger partial charge in [-0.3, -0.25) is 4.79 Å². The highest BCUT2D eigenvalue weighted by Crippen LogP contribution is 2.31. The van der Waals surface area contributed by atoms with Crippen molar-refractivity contribution in [1.29, 1.82) is 0 Å². The highest BCUT2D eigenvalue weighted by Gasteiger charge is 2.14. The van der Waals surface area contributed by atoms with Crippen molar-refractivity contribution in [2.45, 2.75) is 0 Å². The molecule has 27 heavy (non-hydrogen) atoms. The Balaban J connectivity index is 1.65. The zero-order valence-corrected chi connectivity index (χ0v) is 16.8. The van der Waals surface area contributed by atoms with Gasteiger partial charge in [0.15, 0.2) is 5.58 Å². The van der Waals surface area contributed by atoms with Gasteiger partial charge < -0.3 is 9.73 Å². The molecule has 0 aliphatic rings. The molecule has 0 radical (unpaired) electrons. The number of carbonyl (C=O) groups excluding carboxylic acids is 1. The molecule has 0 aliphatic carbocycles. The quantitative estimate of drug-likeness (QED) is 0.364. The summed E-state index contributed by atoms with van der Waals surface area (Å²) in [7, 11) is 0. The maximum absolute atomic E-state index is 12.5. The molecule has 7 heteroatoms. The molecule has 1 aromatic heterocycles. The van der Waals surface area contributed by atoms with E-state index in [0.29, 0.717) is 43.9 Å². The fourth-order valence-corrected chi connectivity index (χ4v) is 3.41. The van der Waals surface area contributed by atoms with Gasteiger partial charge in [0.05, 0.1) is 21.2 Å². The molecule has 0 fully saturated rings. The first-order chi connectivity index (χ1) is 13.0. The van der Waals surface area contributed by atoms with E-state index < -0.39 is 0 Å². The number of anilines is 1. The molecule has 1 heterocycles. The van der Waals surface area contributed by atoms with Gasteiger partial charge in [-0.15, -0.1) is 0 Å². The van der Waals surface area contributed by atoms with Crippen LogP contribution in [0.4, 0.5) is 5.69 Å². The van der Waals surface area contributed by atoms with Crippen LogP contribution < -0.4 is 5.32 Å². The predicted octanol–water partition coefficient (Wildman–Crippen LogP) is 6.82. The Labute approximate surface area is 173 Å². The Hall–Kier alpha value is -2.34. The molecule has 0 spiro atoms. The lowest BCUT2D eigenvalue weighted by molar-refractivity contribution is 0.102. The molecule has 0 bridgehead atoms. The largest absolute Gasteiger partial charge is 0.436 e. The number of fused-ring (bicyclic) bond motifs is 1. The van der Waals surface area contributed by atoms with Crippen molar-refractivity contribution in [2.24, 2.45) is 0 Å². The van der Waals surface area contributed by atoms with E-state index in [9.17, 15) is 4.79 Å². The Kier molecular flexibility index (Phi) is 4.91. The molecular weight excluding hydrogens is 451 g/mol. The monoisotopic (exact) mass is 460 g/mol. The van der Waals surface area contributed by atoms with E-state index >= 15 is 0 Å². The fraction of sp³-hybridized carbons (Fsp3) is 0. The third-order valence-electron chi connectivity index (χ3n) is 3.92. The summed E-state index contributed by atoms with van der Waals surface area (Å²) in [5, 5.41) is 3.76. The van der Waals surface area contributed by atoms with Crippen molar-refractivity contribution in [1.82, 2.24) is 4.98 Å². The van der Waals surface area contributed by atoms with E-state index in [-0.39, 0.29) is 5.91 Å². The molecule has 0 aliphatic heterocycles. The minimum Gasteiger partial charge on any atom is -0.436 e. The molecule has 0 saturated carbocycles. The number of hydrogen-bond donors (Lipinski definition) is 1. The molecule has 134 valence electrons. The number of hydrogen-bond acceptors (Lipinski definition) is 3. The first kappa shape index (κ1) is 18.0. The van der Waals surface area contributed by atoms with Gasteiger partial charge in [0.1, 0.15) is 5.52 Å². The van der Waals surface area contributed by atoms with Crippen LogP contribution in [0, 0.1) is 0 Å². The summed E-state index contributed by atoms with van der Waals surface area (Å²) >= 11 is 15.7. The second-order valence-corrected chi connectivity index (χ2v) is 7.49. The van der Waals surface area contributed by atoms with Crippen LogP contribution in [0.15, 0.2) is 69.6 Å². The zero-order chi connectivity index (χ0) is 19.0. The van der Waals surface area contributed by atoms with Crippen LogP contribution in [-0.2, 0) is 0 Å². The SMILES string of the molecule is O=C(Nc1ccc2oc(-c3ccccc3Cl)nc2c1)c1cc(Br)ccc1Cl. The molecule has 0 saturated heterocycles. The van der Waals surface area contributed by atoms with Crippen molar-refractivity contribution in [3.05, 3.63) is 80.7 Å². The summed E-state index contributed by atoms with van der Waals surface area (Å²) in [5.74, 6) is 0.115. The summed E-state index contributed by atoms with van der Waals surface area (Å²) in [5.41, 5.74) is 2.89. The number of nitrogens with one attached hydrogen (secondary N) is 1. The molecule has 1 amide bonds. The first-order valence-electron chi connectivity index (χ1n) is 7.93. The third kappa shape index (κ3) is 3.72. The number of amides is 1. The lowest BCUT2D eigenvalue weighted by Crippen LogP contribution is -2.12. The van der Waals surface area contributed by atoms with Crippen molar-refractivity contribution in [3.8, 4) is 11.5 Å². The number of rotatable bonds is 3. The molecular formula is C20H11BrCl2N2O2. The van der Waals surface area contributed by atoms with Crippen molar-refractivity contribution in [2.75, 3.05) is 5.32 Å². The molecule has 1 N–H and O–H groups in total. The first-order valence-corrected chi connectivity index (χ1v) is 9.48. The molecule has 4 rings (SSSR count). The van der Waals surface area contributed by atoms with E-state index in [0.717, 1.165) is 4.47 Å². The maximum Gasteiger partial charge on any atom is 0.257 e. The maximum atomic E-state index is 12.5. The van der Waals surface area contributed by atoms with Gasteiger partial charge in [0.2, 0.25) is 5.89 Å². The topological polar surface area (TPSA) is 55.1 Å². The van der Waals surface area contributed by atoms with Crippen molar-refractivity contribution in [3.63, 3.8) is 0 Å². The van der Waals surface area contributed by atoms with Gasteiger partial charge in [0.25, 0.3) is 5.91 Å². The van der Waals surface area contributed by atoms with Gasteiger partial charge in [-0.1, -0.05) is 51.3 Å². The molecule has 3 aromatic carbocycles. The van der Waals surface area contributed by atoms with Crippen LogP contribution in [0.2, 0.25) is 10.0 Å². The van der Waals surface area contributed by atoms with Crippen LogP contribution in [0.25, 0.3) is 22.6 Å². The van der Waals surface area contributed by atoms with Crippen LogP contribution in [-0.4, -0.2) is 10.9 Å². The normalized spacial score (nSPS) is 10.9. The minimum absolute atomic E-state index is 0.310. The van der Waals surface area contributed by atoms with Crippen LogP contribution in [0.3, 0.4) is 0 Å². The minimum atomic E-state index is -0.310. The summed E-state index contributed by atoms with van der Waals surface area (Å²) in [6.07, 6.45) is 0. The lowest BCUT2D eigenvalue weighted by Gasteiger charge is -2.07. The number of aromatic nitrogens is 1. The van der Waals surface area contributed by atoms with Gasteiger partial charge in [0, 0.05) is 10.2 Å². The third-order valence-corrected chi connectivity index (χ3v) is 5.08. The van der Waals surface area contributed by atoms with E-state index in [4.69, 9.17) is 27.6 Å². The van der Waals surface area contributed by atoms with Gasteiger partial charge >= 0.3 is 0 Å². The summed E-state index contributed by atoms with van der Waals surface area (Å²) < 4.78 is 6.55. The standard InChI is InChI=1S/C20H11BrCl2N2O2/c21-11-5-7-16(23)14(9-11)19(26)24-12-6-8-18-17(10-12)25-20(27-18)13-3-1-2-4-15(13)22/h1-10H,(H,24,26). The average Bonchev–Trinajstić information content (AvgIpc) is 3.07. The molecule has 0 unspecified atom stereocenters. The van der Waals surface area contributed by atoms with E-state index in [1.807, 2.05) is 18.2 Å². The number of halogens is 3. The molecule has 4 nitrogen and oxygen atoms in total. The van der Waals surface area contributed by atoms with Crippen LogP contribution in [0.5, 0.6) is 0 Å². The molecule has 0 atom stereocenters.